The van der Waals surface area contributed by atoms with Gasteiger partial charge in [0, 0.05) is 19.3 Å². The van der Waals surface area contributed by atoms with Crippen molar-refractivity contribution in [2.45, 2.75) is 33.1 Å². The molecule has 1 unspecified atom stereocenters. The summed E-state index contributed by atoms with van der Waals surface area (Å²) in [6.45, 7) is 6.46. The van der Waals surface area contributed by atoms with Gasteiger partial charge in [-0.05, 0) is 29.4 Å². The molecule has 0 aromatic carbocycles. The van der Waals surface area contributed by atoms with Gasteiger partial charge in [-0.2, -0.15) is 0 Å². The molecular formula is C23H27N3O5. The zero-order valence-corrected chi connectivity index (χ0v) is 18.9. The van der Waals surface area contributed by atoms with E-state index >= 15 is 0 Å². The van der Waals surface area contributed by atoms with Crippen LogP contribution in [0.1, 0.15) is 48.3 Å². The standard InChI is InChI=1S/C23H27N3O5/c1-23(2,3)14-11-15-17(24-20-19(30-6)16(29-5)8-9-26(15)20)18-12(14)10-13(22(28)31-7)21(27)25(18)4/h8-10,14H,11H2,1-7H3. The van der Waals surface area contributed by atoms with Crippen LogP contribution in [0.15, 0.2) is 23.1 Å². The fourth-order valence-corrected chi connectivity index (χ4v) is 4.51. The van der Waals surface area contributed by atoms with Crippen LogP contribution in [0.25, 0.3) is 17.0 Å². The highest BCUT2D eigenvalue weighted by Crippen LogP contribution is 2.48. The van der Waals surface area contributed by atoms with Crippen LogP contribution in [0.3, 0.4) is 0 Å². The maximum Gasteiger partial charge on any atom is 0.343 e. The molecule has 8 heteroatoms. The molecule has 0 aliphatic heterocycles. The minimum Gasteiger partial charge on any atom is -0.493 e. The lowest BCUT2D eigenvalue weighted by atomic mass is 9.70. The van der Waals surface area contributed by atoms with Crippen LogP contribution in [0.5, 0.6) is 11.5 Å². The van der Waals surface area contributed by atoms with Crippen LogP contribution in [0, 0.1) is 5.41 Å². The Morgan fingerprint density at radius 2 is 1.90 bits per heavy atom. The number of carbonyl (C=O) groups excluding carboxylic acids is 1. The summed E-state index contributed by atoms with van der Waals surface area (Å²) in [6, 6.07) is 3.53. The first-order valence-corrected chi connectivity index (χ1v) is 10.1. The minimum atomic E-state index is -0.636. The van der Waals surface area contributed by atoms with Gasteiger partial charge in [0.05, 0.1) is 32.7 Å². The van der Waals surface area contributed by atoms with E-state index in [1.165, 1.54) is 11.7 Å². The number of ether oxygens (including phenoxy) is 3. The van der Waals surface area contributed by atoms with E-state index in [0.29, 0.717) is 35.0 Å². The van der Waals surface area contributed by atoms with E-state index in [4.69, 9.17) is 19.2 Å². The number of pyridine rings is 2. The van der Waals surface area contributed by atoms with E-state index < -0.39 is 11.5 Å². The summed E-state index contributed by atoms with van der Waals surface area (Å²) in [5.74, 6) is 0.533. The summed E-state index contributed by atoms with van der Waals surface area (Å²) in [5.41, 5.74) is 3.44. The maximum atomic E-state index is 13.0. The van der Waals surface area contributed by atoms with Gasteiger partial charge in [-0.15, -0.1) is 0 Å². The second-order valence-corrected chi connectivity index (χ2v) is 8.86. The lowest BCUT2D eigenvalue weighted by Crippen LogP contribution is -2.33. The largest absolute Gasteiger partial charge is 0.493 e. The third kappa shape index (κ3) is 3.00. The fraction of sp³-hybridized carbons (Fsp3) is 0.435. The summed E-state index contributed by atoms with van der Waals surface area (Å²) in [5, 5.41) is 0. The molecule has 8 nitrogen and oxygen atoms in total. The monoisotopic (exact) mass is 425 g/mol. The van der Waals surface area contributed by atoms with Crippen molar-refractivity contribution >= 4 is 11.6 Å². The predicted molar refractivity (Wildman–Crippen MR) is 116 cm³/mol. The Bertz CT molecular complexity index is 1260. The fourth-order valence-electron chi connectivity index (χ4n) is 4.51. The molecule has 0 spiro atoms. The molecule has 0 saturated carbocycles. The summed E-state index contributed by atoms with van der Waals surface area (Å²) in [6.07, 6.45) is 2.61. The molecule has 0 fully saturated rings. The van der Waals surface area contributed by atoms with Crippen molar-refractivity contribution in [1.82, 2.24) is 14.0 Å². The van der Waals surface area contributed by atoms with E-state index in [1.54, 1.807) is 27.3 Å². The highest BCUT2D eigenvalue weighted by Gasteiger charge is 2.38. The molecular weight excluding hydrogens is 398 g/mol. The smallest absolute Gasteiger partial charge is 0.343 e. The number of aromatic nitrogens is 3. The number of carbonyl (C=O) groups is 1. The molecule has 164 valence electrons. The van der Waals surface area contributed by atoms with Gasteiger partial charge in [-0.3, -0.25) is 9.20 Å². The average Bonchev–Trinajstić information content (AvgIpc) is 3.11. The molecule has 3 aromatic heterocycles. The quantitative estimate of drug-likeness (QED) is 0.600. The SMILES string of the molecule is COC(=O)c1cc2c(n(C)c1=O)-c1nc3c(OC)c(OC)ccn3c1CC2C(C)(C)C. The van der Waals surface area contributed by atoms with E-state index in [-0.39, 0.29) is 16.9 Å². The van der Waals surface area contributed by atoms with Crippen molar-refractivity contribution in [2.75, 3.05) is 21.3 Å². The van der Waals surface area contributed by atoms with Crippen molar-refractivity contribution in [2.24, 2.45) is 12.5 Å². The Hall–Kier alpha value is -3.29. The summed E-state index contributed by atoms with van der Waals surface area (Å²) in [7, 11) is 6.11. The number of fused-ring (bicyclic) bond motifs is 5. The van der Waals surface area contributed by atoms with Gasteiger partial charge in [0.1, 0.15) is 11.3 Å². The molecule has 0 bridgehead atoms. The van der Waals surface area contributed by atoms with Gasteiger partial charge < -0.3 is 18.8 Å². The average molecular weight is 425 g/mol. The van der Waals surface area contributed by atoms with E-state index in [9.17, 15) is 9.59 Å². The predicted octanol–water partition coefficient (Wildman–Crippen LogP) is 3.19. The first-order chi connectivity index (χ1) is 14.6. The maximum absolute atomic E-state index is 13.0. The highest BCUT2D eigenvalue weighted by atomic mass is 16.5. The van der Waals surface area contributed by atoms with Crippen LogP contribution in [0.4, 0.5) is 0 Å². The Balaban J connectivity index is 2.12. The third-order valence-electron chi connectivity index (χ3n) is 6.13. The number of esters is 1. The Labute approximate surface area is 180 Å². The number of nitrogens with zero attached hydrogens (tertiary/aromatic N) is 3. The van der Waals surface area contributed by atoms with Crippen LogP contribution >= 0.6 is 0 Å². The molecule has 0 saturated heterocycles. The van der Waals surface area contributed by atoms with Crippen molar-refractivity contribution in [1.29, 1.82) is 0 Å². The molecule has 4 rings (SSSR count). The molecule has 3 aromatic rings. The first kappa shape index (κ1) is 21.0. The van der Waals surface area contributed by atoms with E-state index in [0.717, 1.165) is 11.3 Å². The zero-order valence-electron chi connectivity index (χ0n) is 18.9. The lowest BCUT2D eigenvalue weighted by molar-refractivity contribution is 0.0597. The molecule has 1 aliphatic carbocycles. The highest BCUT2D eigenvalue weighted by molar-refractivity contribution is 5.90. The summed E-state index contributed by atoms with van der Waals surface area (Å²) < 4.78 is 19.4. The van der Waals surface area contributed by atoms with Crippen molar-refractivity contribution in [3.8, 4) is 22.9 Å². The minimum absolute atomic E-state index is 0.0319. The first-order valence-electron chi connectivity index (χ1n) is 10.1. The van der Waals surface area contributed by atoms with Gasteiger partial charge in [0.25, 0.3) is 5.56 Å². The zero-order chi connectivity index (χ0) is 22.7. The Kier molecular flexibility index (Phi) is 4.83. The lowest BCUT2D eigenvalue weighted by Gasteiger charge is -2.36. The van der Waals surface area contributed by atoms with E-state index in [1.807, 2.05) is 16.7 Å². The number of rotatable bonds is 3. The van der Waals surface area contributed by atoms with Crippen LogP contribution in [-0.2, 0) is 18.2 Å². The summed E-state index contributed by atoms with van der Waals surface area (Å²) in [4.78, 5) is 30.2. The molecule has 31 heavy (non-hydrogen) atoms. The summed E-state index contributed by atoms with van der Waals surface area (Å²) >= 11 is 0. The van der Waals surface area contributed by atoms with E-state index in [2.05, 4.69) is 20.8 Å². The molecule has 0 N–H and O–H groups in total. The Morgan fingerprint density at radius 1 is 1.19 bits per heavy atom. The van der Waals surface area contributed by atoms with Crippen molar-refractivity contribution < 1.29 is 19.0 Å². The topological polar surface area (TPSA) is 84.1 Å². The van der Waals surface area contributed by atoms with Crippen LogP contribution < -0.4 is 15.0 Å². The van der Waals surface area contributed by atoms with Crippen LogP contribution in [0.2, 0.25) is 0 Å². The van der Waals surface area contributed by atoms with Crippen LogP contribution in [-0.4, -0.2) is 41.3 Å². The second-order valence-electron chi connectivity index (χ2n) is 8.86. The van der Waals surface area contributed by atoms with Crippen molar-refractivity contribution in [3.63, 3.8) is 0 Å². The van der Waals surface area contributed by atoms with Crippen molar-refractivity contribution in [3.05, 3.63) is 45.5 Å². The molecule has 3 heterocycles. The second kappa shape index (κ2) is 7.14. The van der Waals surface area contributed by atoms with Gasteiger partial charge >= 0.3 is 5.97 Å². The third-order valence-corrected chi connectivity index (χ3v) is 6.13. The molecule has 0 amide bonds. The number of imidazole rings is 1. The molecule has 0 radical (unpaired) electrons. The number of hydrogen-bond donors (Lipinski definition) is 0. The van der Waals surface area contributed by atoms with Gasteiger partial charge in [-0.25, -0.2) is 9.78 Å². The van der Waals surface area contributed by atoms with Gasteiger partial charge in [0.2, 0.25) is 5.75 Å². The Morgan fingerprint density at radius 3 is 2.48 bits per heavy atom. The van der Waals surface area contributed by atoms with Gasteiger partial charge in [-0.1, -0.05) is 20.8 Å². The molecule has 1 atom stereocenters. The normalized spacial score (nSPS) is 15.4. The number of hydrogen-bond acceptors (Lipinski definition) is 6. The number of methoxy groups -OCH3 is 3. The van der Waals surface area contributed by atoms with Gasteiger partial charge in [0.15, 0.2) is 11.4 Å². The molecule has 1 aliphatic rings.